The Morgan fingerprint density at radius 3 is 2.24 bits per heavy atom. The van der Waals surface area contributed by atoms with Gasteiger partial charge >= 0.3 is 6.18 Å². The Kier molecular flexibility index (Phi) is 3.21. The minimum Gasteiger partial charge on any atom is -0.294 e. The summed E-state index contributed by atoms with van der Waals surface area (Å²) in [7, 11) is 0. The lowest BCUT2D eigenvalue weighted by molar-refractivity contribution is -0.388. The summed E-state index contributed by atoms with van der Waals surface area (Å²) >= 11 is 0. The van der Waals surface area contributed by atoms with Gasteiger partial charge in [-0.1, -0.05) is 6.07 Å². The van der Waals surface area contributed by atoms with Crippen molar-refractivity contribution in [1.29, 1.82) is 0 Å². The number of ketones is 1. The second-order valence-electron chi connectivity index (χ2n) is 3.46. The highest BCUT2D eigenvalue weighted by molar-refractivity contribution is 6.00. The van der Waals surface area contributed by atoms with Gasteiger partial charge in [-0.25, -0.2) is 0 Å². The van der Waals surface area contributed by atoms with Gasteiger partial charge in [-0.3, -0.25) is 14.9 Å². The summed E-state index contributed by atoms with van der Waals surface area (Å²) in [6.07, 6.45) is -4.86. The van der Waals surface area contributed by atoms with Crippen LogP contribution >= 0.6 is 0 Å². The maximum Gasteiger partial charge on any atom is 0.423 e. The van der Waals surface area contributed by atoms with Crippen molar-refractivity contribution in [3.8, 4) is 0 Å². The van der Waals surface area contributed by atoms with Crippen LogP contribution < -0.4 is 0 Å². The van der Waals surface area contributed by atoms with E-state index < -0.39 is 33.7 Å². The van der Waals surface area contributed by atoms with Gasteiger partial charge in [-0.2, -0.15) is 13.2 Å². The quantitative estimate of drug-likeness (QED) is 0.458. The lowest BCUT2D eigenvalue weighted by Gasteiger charge is -2.11. The Hall–Kier alpha value is -1.92. The van der Waals surface area contributed by atoms with Crippen molar-refractivity contribution in [2.24, 2.45) is 0 Å². The zero-order valence-corrected chi connectivity index (χ0v) is 8.96. The molecule has 1 rings (SSSR count). The fourth-order valence-corrected chi connectivity index (χ4v) is 1.55. The molecule has 0 bridgehead atoms. The monoisotopic (exact) mass is 247 g/mol. The Bertz CT molecular complexity index is 494. The number of Topliss-reactive ketones (excluding diaryl/α,β-unsaturated/α-hetero) is 1. The van der Waals surface area contributed by atoms with Crippen LogP contribution in [0.15, 0.2) is 12.1 Å². The summed E-state index contributed by atoms with van der Waals surface area (Å²) in [5.41, 5.74) is -2.93. The third-order valence-corrected chi connectivity index (χ3v) is 2.23. The van der Waals surface area contributed by atoms with E-state index in [4.69, 9.17) is 0 Å². The molecule has 17 heavy (non-hydrogen) atoms. The fourth-order valence-electron chi connectivity index (χ4n) is 1.55. The first kappa shape index (κ1) is 13.1. The van der Waals surface area contributed by atoms with Crippen LogP contribution in [0.5, 0.6) is 0 Å². The van der Waals surface area contributed by atoms with E-state index in [2.05, 4.69) is 0 Å². The first-order chi connectivity index (χ1) is 7.66. The molecule has 0 unspecified atom stereocenters. The minimum absolute atomic E-state index is 0.150. The molecule has 0 spiro atoms. The van der Waals surface area contributed by atoms with E-state index in [1.165, 1.54) is 6.92 Å². The van der Waals surface area contributed by atoms with Gasteiger partial charge in [-0.15, -0.1) is 0 Å². The number of aryl methyl sites for hydroxylation is 1. The molecule has 7 heteroatoms. The lowest BCUT2D eigenvalue weighted by Crippen LogP contribution is -2.13. The molecule has 0 aliphatic heterocycles. The Balaban J connectivity index is 3.72. The molecule has 1 aromatic rings. The van der Waals surface area contributed by atoms with Crippen LogP contribution in [-0.4, -0.2) is 10.7 Å². The molecule has 1 aromatic carbocycles. The molecule has 92 valence electrons. The largest absolute Gasteiger partial charge is 0.423 e. The van der Waals surface area contributed by atoms with E-state index in [-0.39, 0.29) is 5.56 Å². The van der Waals surface area contributed by atoms with Gasteiger partial charge in [0.25, 0.3) is 5.69 Å². The maximum atomic E-state index is 12.6. The molecule has 0 amide bonds. The Labute approximate surface area is 94.2 Å². The first-order valence-corrected chi connectivity index (χ1v) is 4.52. The normalized spacial score (nSPS) is 11.4. The predicted molar refractivity (Wildman–Crippen MR) is 52.8 cm³/mol. The topological polar surface area (TPSA) is 60.2 Å². The van der Waals surface area contributed by atoms with E-state index in [9.17, 15) is 28.1 Å². The van der Waals surface area contributed by atoms with Gasteiger partial charge in [0.1, 0.15) is 5.56 Å². The van der Waals surface area contributed by atoms with E-state index in [1.807, 2.05) is 0 Å². The van der Waals surface area contributed by atoms with Gasteiger partial charge in [0.05, 0.1) is 10.5 Å². The molecular formula is C10H8F3NO3. The summed E-state index contributed by atoms with van der Waals surface area (Å²) in [6, 6.07) is 1.66. The molecule has 0 heterocycles. The second kappa shape index (κ2) is 4.15. The van der Waals surface area contributed by atoms with Gasteiger partial charge in [0.2, 0.25) is 0 Å². The average molecular weight is 247 g/mol. The molecule has 0 aliphatic rings. The van der Waals surface area contributed by atoms with Crippen molar-refractivity contribution < 1.29 is 22.9 Å². The van der Waals surface area contributed by atoms with E-state index in [1.54, 1.807) is 0 Å². The number of carbonyl (C=O) groups excluding carboxylic acids is 1. The molecule has 0 saturated heterocycles. The van der Waals surface area contributed by atoms with Crippen LogP contribution in [-0.2, 0) is 6.18 Å². The van der Waals surface area contributed by atoms with Crippen molar-refractivity contribution in [2.75, 3.05) is 0 Å². The Morgan fingerprint density at radius 2 is 1.88 bits per heavy atom. The molecule has 0 saturated carbocycles. The summed E-state index contributed by atoms with van der Waals surface area (Å²) in [4.78, 5) is 20.7. The van der Waals surface area contributed by atoms with Gasteiger partial charge in [0, 0.05) is 0 Å². The van der Waals surface area contributed by atoms with E-state index in [0.717, 1.165) is 13.0 Å². The summed E-state index contributed by atoms with van der Waals surface area (Å²) < 4.78 is 37.7. The van der Waals surface area contributed by atoms with Crippen molar-refractivity contribution in [1.82, 2.24) is 0 Å². The van der Waals surface area contributed by atoms with Crippen molar-refractivity contribution >= 4 is 11.5 Å². The number of hydrogen-bond acceptors (Lipinski definition) is 3. The number of benzene rings is 1. The highest BCUT2D eigenvalue weighted by Gasteiger charge is 2.40. The molecule has 0 radical (unpaired) electrons. The molecular weight excluding hydrogens is 239 g/mol. The smallest absolute Gasteiger partial charge is 0.294 e. The van der Waals surface area contributed by atoms with E-state index in [0.29, 0.717) is 6.07 Å². The molecule has 4 nitrogen and oxygen atoms in total. The van der Waals surface area contributed by atoms with Crippen LogP contribution in [0.4, 0.5) is 18.9 Å². The maximum absolute atomic E-state index is 12.6. The van der Waals surface area contributed by atoms with Crippen LogP contribution in [0, 0.1) is 17.0 Å². The molecule has 0 N–H and O–H groups in total. The van der Waals surface area contributed by atoms with E-state index >= 15 is 0 Å². The third kappa shape index (κ3) is 2.43. The number of nitro groups is 1. The van der Waals surface area contributed by atoms with Gasteiger partial charge in [-0.05, 0) is 25.5 Å². The predicted octanol–water partition coefficient (Wildman–Crippen LogP) is 3.12. The number of alkyl halides is 3. The number of carbonyl (C=O) groups is 1. The number of nitro benzene ring substituents is 1. The highest BCUT2D eigenvalue weighted by Crippen LogP contribution is 2.39. The summed E-state index contributed by atoms with van der Waals surface area (Å²) in [5, 5.41) is 10.7. The van der Waals surface area contributed by atoms with Gasteiger partial charge < -0.3 is 0 Å². The number of hydrogen-bond donors (Lipinski definition) is 0. The van der Waals surface area contributed by atoms with Crippen molar-refractivity contribution in [2.45, 2.75) is 20.0 Å². The van der Waals surface area contributed by atoms with Crippen molar-refractivity contribution in [3.05, 3.63) is 38.9 Å². The SMILES string of the molecule is CC(=O)c1c(C)ccc(C(F)(F)F)c1[N+](=O)[O-]. The number of rotatable bonds is 2. The average Bonchev–Trinajstić information content (AvgIpc) is 2.14. The first-order valence-electron chi connectivity index (χ1n) is 4.52. The molecule has 0 fully saturated rings. The van der Waals surface area contributed by atoms with Crippen LogP contribution in [0.2, 0.25) is 0 Å². The number of halogens is 3. The Morgan fingerprint density at radius 1 is 1.35 bits per heavy atom. The summed E-state index contributed by atoms with van der Waals surface area (Å²) in [6.45, 7) is 2.35. The minimum atomic E-state index is -4.86. The highest BCUT2D eigenvalue weighted by atomic mass is 19.4. The third-order valence-electron chi connectivity index (χ3n) is 2.23. The van der Waals surface area contributed by atoms with Crippen molar-refractivity contribution in [3.63, 3.8) is 0 Å². The molecule has 0 atom stereocenters. The van der Waals surface area contributed by atoms with Crippen LogP contribution in [0.3, 0.4) is 0 Å². The zero-order valence-electron chi connectivity index (χ0n) is 8.96. The van der Waals surface area contributed by atoms with Gasteiger partial charge in [0.15, 0.2) is 5.78 Å². The zero-order chi connectivity index (χ0) is 13.4. The molecule has 0 aliphatic carbocycles. The van der Waals surface area contributed by atoms with Crippen LogP contribution in [0.25, 0.3) is 0 Å². The van der Waals surface area contributed by atoms with Crippen LogP contribution in [0.1, 0.15) is 28.4 Å². The fraction of sp³-hybridized carbons (Fsp3) is 0.300. The summed E-state index contributed by atoms with van der Waals surface area (Å²) in [5.74, 6) is -0.764. The second-order valence-corrected chi connectivity index (χ2v) is 3.46. The number of nitrogens with zero attached hydrogens (tertiary/aromatic N) is 1. The standard InChI is InChI=1S/C10H8F3NO3/c1-5-3-4-7(10(11,12)13)9(14(16)17)8(5)6(2)15/h3-4H,1-2H3. The lowest BCUT2D eigenvalue weighted by atomic mass is 9.99. The molecule has 0 aromatic heterocycles.